The third-order valence-corrected chi connectivity index (χ3v) is 4.13. The normalized spacial score (nSPS) is 10.8. The number of hydrogen-bond donors (Lipinski definition) is 1. The molecule has 1 heterocycles. The maximum Gasteiger partial charge on any atom is 0.326 e. The Labute approximate surface area is 171 Å². The molecule has 1 amide bonds. The van der Waals surface area contributed by atoms with Gasteiger partial charge in [0.1, 0.15) is 18.4 Å². The summed E-state index contributed by atoms with van der Waals surface area (Å²) in [6.07, 6.45) is 0. The second kappa shape index (κ2) is 9.34. The standard InChI is InChI=1S/C21H18N4O5/c1-2-29-19(27)12-25-16-9-5-4-8-15(16)20(21(25)28)24-23-18(26)13-30-17-10-6-3-7-14(17)11-22/h3-10,28H,2,12-13H2,1H3. The Bertz CT molecular complexity index is 1160. The molecule has 1 aromatic heterocycles. The predicted molar refractivity (Wildman–Crippen MR) is 106 cm³/mol. The second-order valence-electron chi connectivity index (χ2n) is 6.07. The Morgan fingerprint density at radius 1 is 1.17 bits per heavy atom. The van der Waals surface area contributed by atoms with Crippen LogP contribution in [0.1, 0.15) is 12.5 Å². The van der Waals surface area contributed by atoms with Crippen LogP contribution in [0.15, 0.2) is 58.8 Å². The fraction of sp³-hybridized carbons (Fsp3) is 0.190. The van der Waals surface area contributed by atoms with E-state index in [4.69, 9.17) is 14.7 Å². The Kier molecular flexibility index (Phi) is 6.39. The van der Waals surface area contributed by atoms with E-state index in [2.05, 4.69) is 10.2 Å². The summed E-state index contributed by atoms with van der Waals surface area (Å²) in [5.74, 6) is -1.27. The highest BCUT2D eigenvalue weighted by molar-refractivity contribution is 5.96. The number of aromatic hydroxyl groups is 1. The van der Waals surface area contributed by atoms with E-state index in [9.17, 15) is 14.7 Å². The first-order valence-electron chi connectivity index (χ1n) is 9.07. The molecule has 30 heavy (non-hydrogen) atoms. The molecule has 0 saturated heterocycles. The van der Waals surface area contributed by atoms with Gasteiger partial charge < -0.3 is 14.6 Å². The van der Waals surface area contributed by atoms with Gasteiger partial charge in [0.15, 0.2) is 12.3 Å². The molecule has 0 aliphatic rings. The average molecular weight is 406 g/mol. The van der Waals surface area contributed by atoms with Crippen LogP contribution >= 0.6 is 0 Å². The van der Waals surface area contributed by atoms with Gasteiger partial charge in [-0.05, 0) is 25.1 Å². The van der Waals surface area contributed by atoms with Crippen molar-refractivity contribution in [3.63, 3.8) is 0 Å². The summed E-state index contributed by atoms with van der Waals surface area (Å²) in [4.78, 5) is 23.9. The van der Waals surface area contributed by atoms with Crippen molar-refractivity contribution in [1.82, 2.24) is 4.57 Å². The molecule has 1 N–H and O–H groups in total. The van der Waals surface area contributed by atoms with E-state index >= 15 is 0 Å². The summed E-state index contributed by atoms with van der Waals surface area (Å²) >= 11 is 0. The van der Waals surface area contributed by atoms with Crippen molar-refractivity contribution in [2.75, 3.05) is 13.2 Å². The Balaban J connectivity index is 1.80. The molecule has 0 aliphatic heterocycles. The number of rotatable bonds is 7. The van der Waals surface area contributed by atoms with Crippen molar-refractivity contribution in [2.45, 2.75) is 13.5 Å². The number of aromatic nitrogens is 1. The van der Waals surface area contributed by atoms with Crippen molar-refractivity contribution >= 4 is 28.5 Å². The highest BCUT2D eigenvalue weighted by atomic mass is 16.5. The lowest BCUT2D eigenvalue weighted by Crippen LogP contribution is -2.12. The molecule has 3 rings (SSSR count). The number of para-hydroxylation sites is 2. The number of ether oxygens (including phenoxy) is 2. The fourth-order valence-corrected chi connectivity index (χ4v) is 2.83. The highest BCUT2D eigenvalue weighted by Crippen LogP contribution is 2.38. The number of nitrogens with zero attached hydrogens (tertiary/aromatic N) is 4. The number of carbonyl (C=O) groups excluding carboxylic acids is 2. The lowest BCUT2D eigenvalue weighted by Gasteiger charge is -2.06. The Morgan fingerprint density at radius 3 is 2.67 bits per heavy atom. The first-order valence-corrected chi connectivity index (χ1v) is 9.07. The minimum Gasteiger partial charge on any atom is -0.493 e. The monoisotopic (exact) mass is 406 g/mol. The van der Waals surface area contributed by atoms with Gasteiger partial charge in [0, 0.05) is 5.39 Å². The number of nitriles is 1. The predicted octanol–water partition coefficient (Wildman–Crippen LogP) is 3.47. The molecule has 0 aliphatic carbocycles. The van der Waals surface area contributed by atoms with Crippen LogP contribution in [0.5, 0.6) is 11.6 Å². The van der Waals surface area contributed by atoms with E-state index in [0.717, 1.165) is 0 Å². The zero-order valence-corrected chi connectivity index (χ0v) is 16.1. The Morgan fingerprint density at radius 2 is 1.90 bits per heavy atom. The molecule has 0 radical (unpaired) electrons. The van der Waals surface area contributed by atoms with Gasteiger partial charge in [-0.15, -0.1) is 10.2 Å². The van der Waals surface area contributed by atoms with Crippen LogP contribution in [-0.2, 0) is 20.9 Å². The maximum absolute atomic E-state index is 12.1. The summed E-state index contributed by atoms with van der Waals surface area (Å²) < 4.78 is 11.6. The quantitative estimate of drug-likeness (QED) is 0.473. The van der Waals surface area contributed by atoms with Gasteiger partial charge in [-0.3, -0.25) is 14.2 Å². The zero-order valence-electron chi connectivity index (χ0n) is 16.1. The molecule has 0 atom stereocenters. The average Bonchev–Trinajstić information content (AvgIpc) is 3.02. The van der Waals surface area contributed by atoms with Crippen LogP contribution in [0.25, 0.3) is 10.9 Å². The number of fused-ring (bicyclic) bond motifs is 1. The van der Waals surface area contributed by atoms with Gasteiger partial charge in [-0.25, -0.2) is 0 Å². The van der Waals surface area contributed by atoms with E-state index in [0.29, 0.717) is 16.5 Å². The van der Waals surface area contributed by atoms with Crippen molar-refractivity contribution in [3.05, 3.63) is 54.1 Å². The molecule has 0 spiro atoms. The molecular formula is C21H18N4O5. The number of amides is 1. The van der Waals surface area contributed by atoms with E-state index in [1.807, 2.05) is 6.07 Å². The number of hydrogen-bond acceptors (Lipinski definition) is 7. The summed E-state index contributed by atoms with van der Waals surface area (Å²) in [5, 5.41) is 27.6. The van der Waals surface area contributed by atoms with Gasteiger partial charge in [0.05, 0.1) is 17.7 Å². The number of esters is 1. The topological polar surface area (TPSA) is 126 Å². The first-order chi connectivity index (χ1) is 14.5. The molecular weight excluding hydrogens is 388 g/mol. The molecule has 2 aromatic carbocycles. The van der Waals surface area contributed by atoms with Crippen LogP contribution in [-0.4, -0.2) is 34.8 Å². The van der Waals surface area contributed by atoms with Crippen LogP contribution < -0.4 is 4.74 Å². The largest absolute Gasteiger partial charge is 0.493 e. The van der Waals surface area contributed by atoms with E-state index in [1.165, 1.54) is 4.57 Å². The van der Waals surface area contributed by atoms with Gasteiger partial charge in [-0.2, -0.15) is 5.26 Å². The summed E-state index contributed by atoms with van der Waals surface area (Å²) in [6, 6.07) is 15.3. The molecule has 0 unspecified atom stereocenters. The molecule has 0 bridgehead atoms. The molecule has 9 heteroatoms. The summed E-state index contributed by atoms with van der Waals surface area (Å²) in [6.45, 7) is 1.27. The van der Waals surface area contributed by atoms with Gasteiger partial charge in [-0.1, -0.05) is 30.3 Å². The van der Waals surface area contributed by atoms with Crippen molar-refractivity contribution in [3.8, 4) is 17.7 Å². The van der Waals surface area contributed by atoms with Crippen LogP contribution in [0, 0.1) is 11.3 Å². The minimum absolute atomic E-state index is 0.0562. The van der Waals surface area contributed by atoms with Crippen molar-refractivity contribution in [1.29, 1.82) is 5.26 Å². The van der Waals surface area contributed by atoms with E-state index in [-0.39, 0.29) is 30.5 Å². The van der Waals surface area contributed by atoms with Crippen LogP contribution in [0.4, 0.5) is 5.69 Å². The molecule has 152 valence electrons. The SMILES string of the molecule is CCOC(=O)Cn1c(O)c(N=NC(=O)COc2ccccc2C#N)c2ccccc21. The number of azo groups is 1. The lowest BCUT2D eigenvalue weighted by atomic mass is 10.2. The molecule has 9 nitrogen and oxygen atoms in total. The van der Waals surface area contributed by atoms with Gasteiger partial charge in [0.2, 0.25) is 5.88 Å². The third-order valence-electron chi connectivity index (χ3n) is 4.13. The number of benzene rings is 2. The Hall–Kier alpha value is -4.19. The van der Waals surface area contributed by atoms with Crippen LogP contribution in [0.3, 0.4) is 0 Å². The van der Waals surface area contributed by atoms with Crippen molar-refractivity contribution < 1.29 is 24.2 Å². The smallest absolute Gasteiger partial charge is 0.326 e. The van der Waals surface area contributed by atoms with E-state index in [1.54, 1.807) is 55.5 Å². The summed E-state index contributed by atoms with van der Waals surface area (Å²) in [7, 11) is 0. The fourth-order valence-electron chi connectivity index (χ4n) is 2.83. The zero-order chi connectivity index (χ0) is 21.5. The first kappa shape index (κ1) is 20.5. The van der Waals surface area contributed by atoms with Gasteiger partial charge in [0.25, 0.3) is 0 Å². The molecule has 3 aromatic rings. The van der Waals surface area contributed by atoms with Crippen molar-refractivity contribution in [2.24, 2.45) is 10.2 Å². The second-order valence-corrected chi connectivity index (χ2v) is 6.07. The molecule has 0 saturated carbocycles. The number of carbonyl (C=O) groups is 2. The third kappa shape index (κ3) is 4.44. The minimum atomic E-state index is -0.704. The van der Waals surface area contributed by atoms with Gasteiger partial charge >= 0.3 is 11.9 Å². The molecule has 0 fully saturated rings. The van der Waals surface area contributed by atoms with E-state index < -0.39 is 18.5 Å². The maximum atomic E-state index is 12.1. The lowest BCUT2D eigenvalue weighted by molar-refractivity contribution is -0.143. The highest BCUT2D eigenvalue weighted by Gasteiger charge is 2.19. The summed E-state index contributed by atoms with van der Waals surface area (Å²) in [5.41, 5.74) is 0.895. The van der Waals surface area contributed by atoms with Crippen LogP contribution in [0.2, 0.25) is 0 Å².